The zero-order valence-corrected chi connectivity index (χ0v) is 15.8. The number of benzene rings is 2. The van der Waals surface area contributed by atoms with Crippen LogP contribution in [0, 0.1) is 0 Å². The summed E-state index contributed by atoms with van der Waals surface area (Å²) in [5, 5.41) is 11.7. The Bertz CT molecular complexity index is 1090. The third-order valence-corrected chi connectivity index (χ3v) is 4.70. The van der Waals surface area contributed by atoms with E-state index in [1.165, 1.54) is 0 Å². The van der Waals surface area contributed by atoms with Crippen LogP contribution in [0.3, 0.4) is 0 Å². The molecule has 6 heteroatoms. The van der Waals surface area contributed by atoms with Crippen LogP contribution in [0.4, 0.5) is 5.69 Å². The highest BCUT2D eigenvalue weighted by molar-refractivity contribution is 6.08. The van der Waals surface area contributed by atoms with Gasteiger partial charge in [0.15, 0.2) is 0 Å². The number of nitrogens with zero attached hydrogens (tertiary/aromatic N) is 1. The van der Waals surface area contributed by atoms with E-state index in [0.29, 0.717) is 24.7 Å². The first kappa shape index (κ1) is 18.9. The van der Waals surface area contributed by atoms with Crippen molar-refractivity contribution in [3.05, 3.63) is 77.5 Å². The number of aromatic nitrogens is 1. The number of hydrogen-bond donors (Lipinski definition) is 3. The second kappa shape index (κ2) is 8.26. The minimum absolute atomic E-state index is 0.387. The van der Waals surface area contributed by atoms with Gasteiger partial charge in [0.25, 0.3) is 0 Å². The maximum absolute atomic E-state index is 11.6. The molecule has 0 fully saturated rings. The number of nitrogens with one attached hydrogen (secondary N) is 1. The molecule has 146 valence electrons. The molecule has 0 saturated carbocycles. The minimum atomic E-state index is -0.558. The molecule has 2 aromatic carbocycles. The molecule has 0 bridgehead atoms. The summed E-state index contributed by atoms with van der Waals surface area (Å²) >= 11 is 0. The molecule has 1 aromatic heterocycles. The van der Waals surface area contributed by atoms with Gasteiger partial charge < -0.3 is 20.9 Å². The molecule has 0 aliphatic heterocycles. The summed E-state index contributed by atoms with van der Waals surface area (Å²) in [5.74, 6) is 0.0804. The van der Waals surface area contributed by atoms with Crippen LogP contribution in [0.2, 0.25) is 0 Å². The van der Waals surface area contributed by atoms with Crippen LogP contribution in [0.25, 0.3) is 22.8 Å². The van der Waals surface area contributed by atoms with Crippen molar-refractivity contribution in [3.8, 4) is 17.0 Å². The molecular weight excluding hydrogens is 366 g/mol. The van der Waals surface area contributed by atoms with E-state index in [0.717, 1.165) is 33.4 Å². The van der Waals surface area contributed by atoms with Crippen LogP contribution >= 0.6 is 0 Å². The number of nitrogens with two attached hydrogens (primary N) is 1. The molecular formula is C23H21N3O3. The van der Waals surface area contributed by atoms with E-state index in [9.17, 15) is 4.79 Å². The lowest BCUT2D eigenvalue weighted by molar-refractivity contribution is -0.118. The Hall–Kier alpha value is -3.48. The third kappa shape index (κ3) is 3.76. The van der Waals surface area contributed by atoms with Gasteiger partial charge in [0.1, 0.15) is 13.2 Å². The fourth-order valence-corrected chi connectivity index (χ4v) is 3.48. The summed E-state index contributed by atoms with van der Waals surface area (Å²) in [6.45, 7) is 0.238. The Labute approximate surface area is 168 Å². The number of carbonyl (C=O) groups excluding carboxylic acids is 1. The number of pyridine rings is 1. The molecule has 0 saturated heterocycles. The van der Waals surface area contributed by atoms with Crippen molar-refractivity contribution in [3.63, 3.8) is 0 Å². The maximum Gasteiger partial charge on any atom is 0.250 e. The fraction of sp³-hybridized carbons (Fsp3) is 0.130. The molecule has 1 aliphatic rings. The molecule has 1 heterocycles. The normalized spacial score (nSPS) is 13.1. The average molecular weight is 387 g/mol. The predicted octanol–water partition coefficient (Wildman–Crippen LogP) is 2.92. The Morgan fingerprint density at radius 1 is 1.07 bits per heavy atom. The van der Waals surface area contributed by atoms with Crippen molar-refractivity contribution in [2.24, 2.45) is 5.73 Å². The van der Waals surface area contributed by atoms with Gasteiger partial charge >= 0.3 is 0 Å². The van der Waals surface area contributed by atoms with Gasteiger partial charge in [-0.1, -0.05) is 30.3 Å². The first-order valence-corrected chi connectivity index (χ1v) is 9.35. The number of ether oxygens (including phenoxy) is 1. The van der Waals surface area contributed by atoms with Gasteiger partial charge in [-0.15, -0.1) is 0 Å². The lowest BCUT2D eigenvalue weighted by Gasteiger charge is -2.10. The number of fused-ring (bicyclic) bond motifs is 3. The first-order chi connectivity index (χ1) is 14.2. The number of carbonyl (C=O) groups is 1. The van der Waals surface area contributed by atoms with Crippen LogP contribution in [-0.2, 0) is 4.79 Å². The van der Waals surface area contributed by atoms with Crippen LogP contribution in [0.1, 0.15) is 16.7 Å². The summed E-state index contributed by atoms with van der Waals surface area (Å²) < 4.78 is 5.70. The van der Waals surface area contributed by atoms with Crippen molar-refractivity contribution >= 4 is 23.2 Å². The molecule has 6 nitrogen and oxygen atoms in total. The van der Waals surface area contributed by atoms with Gasteiger partial charge in [-0.25, -0.2) is 4.98 Å². The Kier molecular flexibility index (Phi) is 5.37. The summed E-state index contributed by atoms with van der Waals surface area (Å²) in [5.41, 5.74) is 12.4. The summed E-state index contributed by atoms with van der Waals surface area (Å²) in [7, 11) is 0. The second-order valence-electron chi connectivity index (χ2n) is 6.61. The van der Waals surface area contributed by atoms with Crippen LogP contribution in [0.15, 0.2) is 60.8 Å². The Morgan fingerprint density at radius 2 is 1.86 bits per heavy atom. The number of anilines is 1. The van der Waals surface area contributed by atoms with Crippen molar-refractivity contribution in [1.29, 1.82) is 0 Å². The highest BCUT2D eigenvalue weighted by Crippen LogP contribution is 2.46. The van der Waals surface area contributed by atoms with E-state index >= 15 is 0 Å². The van der Waals surface area contributed by atoms with E-state index in [2.05, 4.69) is 22.4 Å². The van der Waals surface area contributed by atoms with Gasteiger partial charge in [0.2, 0.25) is 11.8 Å². The van der Waals surface area contributed by atoms with Gasteiger partial charge in [-0.2, -0.15) is 0 Å². The van der Waals surface area contributed by atoms with Crippen molar-refractivity contribution in [1.82, 2.24) is 4.98 Å². The number of aliphatic hydroxyl groups is 1. The zero-order chi connectivity index (χ0) is 20.2. The average Bonchev–Trinajstić information content (AvgIpc) is 3.06. The Balaban J connectivity index is 1.83. The van der Waals surface area contributed by atoms with Gasteiger partial charge in [0, 0.05) is 24.0 Å². The lowest BCUT2D eigenvalue weighted by Crippen LogP contribution is -2.15. The lowest BCUT2D eigenvalue weighted by atomic mass is 10.0. The van der Waals surface area contributed by atoms with Crippen LogP contribution < -0.4 is 15.8 Å². The molecule has 1 amide bonds. The quantitative estimate of drug-likeness (QED) is 0.473. The first-order valence-electron chi connectivity index (χ1n) is 9.35. The smallest absolute Gasteiger partial charge is 0.250 e. The molecule has 0 atom stereocenters. The standard InChI is InChI=1S/C23H21N3O3/c24-9-11-29-23-15(4-3-10-25-23)12-20-18-6-2-1-5-17(18)19-8-7-16(13-21(19)20)26-22(28)14-27/h1-8,10,12-13,27H,9,11,14,24H2,(H,26,28). The van der Waals surface area contributed by atoms with E-state index in [1.807, 2.05) is 48.5 Å². The summed E-state index contributed by atoms with van der Waals surface area (Å²) in [6.07, 6.45) is 3.73. The number of hydrogen-bond acceptors (Lipinski definition) is 5. The SMILES string of the molecule is NCCOc1ncccc1C=C1c2ccccc2-c2ccc(NC(=O)CO)cc21. The molecule has 1 aliphatic carbocycles. The fourth-order valence-electron chi connectivity index (χ4n) is 3.48. The molecule has 0 unspecified atom stereocenters. The number of rotatable bonds is 6. The van der Waals surface area contributed by atoms with Gasteiger partial charge in [-0.3, -0.25) is 4.79 Å². The van der Waals surface area contributed by atoms with Gasteiger partial charge in [0.05, 0.1) is 0 Å². The highest BCUT2D eigenvalue weighted by Gasteiger charge is 2.24. The van der Waals surface area contributed by atoms with E-state index in [4.69, 9.17) is 15.6 Å². The van der Waals surface area contributed by atoms with Crippen LogP contribution in [-0.4, -0.2) is 35.8 Å². The van der Waals surface area contributed by atoms with E-state index < -0.39 is 12.5 Å². The molecule has 3 aromatic rings. The predicted molar refractivity (Wildman–Crippen MR) is 113 cm³/mol. The molecule has 4 N–H and O–H groups in total. The zero-order valence-electron chi connectivity index (χ0n) is 15.8. The van der Waals surface area contributed by atoms with Crippen molar-refractivity contribution < 1.29 is 14.6 Å². The van der Waals surface area contributed by atoms with E-state index in [1.54, 1.807) is 6.20 Å². The second-order valence-corrected chi connectivity index (χ2v) is 6.61. The topological polar surface area (TPSA) is 97.5 Å². The minimum Gasteiger partial charge on any atom is -0.476 e. The van der Waals surface area contributed by atoms with E-state index in [-0.39, 0.29) is 0 Å². The summed E-state index contributed by atoms with van der Waals surface area (Å²) in [6, 6.07) is 17.7. The molecule has 0 spiro atoms. The maximum atomic E-state index is 11.6. The Morgan fingerprint density at radius 3 is 2.66 bits per heavy atom. The summed E-state index contributed by atoms with van der Waals surface area (Å²) in [4.78, 5) is 15.9. The molecule has 29 heavy (non-hydrogen) atoms. The van der Waals surface area contributed by atoms with Crippen molar-refractivity contribution in [2.45, 2.75) is 0 Å². The van der Waals surface area contributed by atoms with Gasteiger partial charge in [-0.05, 0) is 58.2 Å². The monoisotopic (exact) mass is 387 g/mol. The number of amides is 1. The molecule has 4 rings (SSSR count). The molecule has 0 radical (unpaired) electrons. The third-order valence-electron chi connectivity index (χ3n) is 4.70. The highest BCUT2D eigenvalue weighted by atomic mass is 16.5. The van der Waals surface area contributed by atoms with Crippen molar-refractivity contribution in [2.75, 3.05) is 25.1 Å². The number of aliphatic hydroxyl groups excluding tert-OH is 1. The largest absolute Gasteiger partial charge is 0.476 e. The van der Waals surface area contributed by atoms with Crippen LogP contribution in [0.5, 0.6) is 5.88 Å².